The Morgan fingerprint density at radius 1 is 0.900 bits per heavy atom. The number of anilines is 1. The number of hydrogen-bond donors (Lipinski definition) is 4. The number of aromatic nitrogens is 3. The van der Waals surface area contributed by atoms with Crippen molar-refractivity contribution in [2.45, 2.75) is 19.3 Å². The largest absolute Gasteiger partial charge is 0.508 e. The Kier molecular flexibility index (Phi) is 7.65. The zero-order valence-electron chi connectivity index (χ0n) is 16.6. The number of aryl methyl sites for hydroxylation is 1. The first-order chi connectivity index (χ1) is 14.7. The van der Waals surface area contributed by atoms with Gasteiger partial charge >= 0.3 is 0 Å². The number of benzene rings is 2. The lowest BCUT2D eigenvalue weighted by Gasteiger charge is -2.03. The lowest BCUT2D eigenvalue weighted by molar-refractivity contribution is 0.386. The summed E-state index contributed by atoms with van der Waals surface area (Å²) in [7, 11) is 0. The molecule has 0 amide bonds. The average Bonchev–Trinajstić information content (AvgIpc) is 2.80. The van der Waals surface area contributed by atoms with Gasteiger partial charge in [0, 0.05) is 8.42 Å². The van der Waals surface area contributed by atoms with E-state index in [0.29, 0.717) is 22.7 Å². The minimum Gasteiger partial charge on any atom is -0.508 e. The van der Waals surface area contributed by atoms with Crippen LogP contribution in [0.2, 0.25) is 0 Å². The molecule has 4 aromatic rings. The molecule has 0 aliphatic rings. The molecule has 0 unspecified atom stereocenters. The van der Waals surface area contributed by atoms with Crippen molar-refractivity contribution in [3.63, 3.8) is 0 Å². The zero-order chi connectivity index (χ0) is 21.2. The fourth-order valence-corrected chi connectivity index (χ4v) is 2.85. The summed E-state index contributed by atoms with van der Waals surface area (Å²) >= 11 is 0. The van der Waals surface area contributed by atoms with E-state index in [0.717, 1.165) is 24.9 Å². The summed E-state index contributed by atoms with van der Waals surface area (Å²) in [5, 5.41) is 18.1. The van der Waals surface area contributed by atoms with Gasteiger partial charge in [0.2, 0.25) is 0 Å². The third kappa shape index (κ3) is 5.97. The van der Waals surface area contributed by atoms with Gasteiger partial charge in [0.15, 0.2) is 11.5 Å². The average molecular weight is 408 g/mol. The lowest BCUT2D eigenvalue weighted by Crippen LogP contribution is -1.98. The summed E-state index contributed by atoms with van der Waals surface area (Å²) in [6, 6.07) is 20.5. The third-order valence-corrected chi connectivity index (χ3v) is 4.45. The molecule has 0 aliphatic carbocycles. The van der Waals surface area contributed by atoms with Gasteiger partial charge < -0.3 is 10.8 Å². The molecule has 0 bridgehead atoms. The molecule has 4 rings (SSSR count). The Hall–Kier alpha value is -3.55. The Bertz CT molecular complexity index is 1070. The van der Waals surface area contributed by atoms with Crippen LogP contribution in [0, 0.1) is 0 Å². The van der Waals surface area contributed by atoms with Gasteiger partial charge in [-0.2, -0.15) is 0 Å². The number of phenols is 1. The maximum absolute atomic E-state index is 9.26. The molecule has 0 fully saturated rings. The molecule has 158 valence electrons. The van der Waals surface area contributed by atoms with Crippen molar-refractivity contribution >= 4 is 17.0 Å². The predicted molar refractivity (Wildman–Crippen MR) is 123 cm³/mol. The monoisotopic (exact) mass is 407 g/mol. The fourth-order valence-electron chi connectivity index (χ4n) is 2.85. The van der Waals surface area contributed by atoms with Gasteiger partial charge in [-0.3, -0.25) is 15.7 Å². The van der Waals surface area contributed by atoms with Gasteiger partial charge in [-0.25, -0.2) is 9.97 Å². The minimum absolute atomic E-state index is 0. The number of nitrogens with one attached hydrogen (secondary N) is 1. The van der Waals surface area contributed by atoms with Crippen LogP contribution < -0.4 is 11.2 Å². The van der Waals surface area contributed by atoms with Gasteiger partial charge in [0.25, 0.3) is 0 Å². The number of unbranched alkanes of at least 4 members (excludes halogenated alkanes) is 1. The first-order valence-electron chi connectivity index (χ1n) is 9.77. The quantitative estimate of drug-likeness (QED) is 0.271. The number of nitrogens with zero attached hydrogens (tertiary/aromatic N) is 3. The number of rotatable bonds is 6. The van der Waals surface area contributed by atoms with Crippen LogP contribution in [-0.2, 0) is 6.42 Å². The van der Waals surface area contributed by atoms with Crippen LogP contribution in [0.25, 0.3) is 22.4 Å². The number of fused-ring (bicyclic) bond motifs is 1. The maximum atomic E-state index is 9.26. The van der Waals surface area contributed by atoms with Crippen molar-refractivity contribution in [2.24, 2.45) is 5.73 Å². The summed E-state index contributed by atoms with van der Waals surface area (Å²) in [6.45, 7) is 0.812. The number of aromatic hydroxyl groups is 1. The van der Waals surface area contributed by atoms with Crippen LogP contribution in [0.4, 0.5) is 5.82 Å². The highest BCUT2D eigenvalue weighted by Crippen LogP contribution is 2.21. The van der Waals surface area contributed by atoms with Crippen molar-refractivity contribution in [1.29, 1.82) is 0 Å². The normalized spacial score (nSPS) is 10.3. The highest BCUT2D eigenvalue weighted by Gasteiger charge is 2.05. The molecule has 0 saturated heterocycles. The van der Waals surface area contributed by atoms with Crippen LogP contribution in [0.3, 0.4) is 0 Å². The predicted octanol–water partition coefficient (Wildman–Crippen LogP) is 4.66. The van der Waals surface area contributed by atoms with E-state index in [1.54, 1.807) is 42.6 Å². The fraction of sp³-hybridized carbons (Fsp3) is 0.174. The van der Waals surface area contributed by atoms with Crippen LogP contribution in [0.5, 0.6) is 5.75 Å². The van der Waals surface area contributed by atoms with E-state index in [1.165, 1.54) is 12.0 Å². The standard InChI is InChI=1S/C13H10N4O2.C10H15N.2H2/c18-9-3-1-8(2-4-9)11-7-14-10-5-6-12(17-19)16-13(10)15-11;11-9-5-4-8-10-6-2-1-3-7-10;;/h1-7,18-19H,(H,15,16,17);1-3,6-7H,4-5,8-9,11H2;2*1H. The number of phenolic OH excluding ortho intramolecular Hbond substituents is 1. The van der Waals surface area contributed by atoms with Crippen molar-refractivity contribution in [3.05, 3.63) is 78.5 Å². The second kappa shape index (κ2) is 10.8. The molecular formula is C23H29N5O2. The molecule has 5 N–H and O–H groups in total. The van der Waals surface area contributed by atoms with Gasteiger partial charge in [-0.05, 0) is 67.8 Å². The van der Waals surface area contributed by atoms with Crippen molar-refractivity contribution in [3.8, 4) is 17.0 Å². The molecule has 7 nitrogen and oxygen atoms in total. The smallest absolute Gasteiger partial charge is 0.180 e. The van der Waals surface area contributed by atoms with Gasteiger partial charge in [0.1, 0.15) is 11.3 Å². The first-order valence-corrected chi connectivity index (χ1v) is 9.77. The van der Waals surface area contributed by atoms with Crippen LogP contribution in [0.15, 0.2) is 72.9 Å². The third-order valence-electron chi connectivity index (χ3n) is 4.45. The lowest BCUT2D eigenvalue weighted by atomic mass is 10.1. The highest BCUT2D eigenvalue weighted by molar-refractivity contribution is 5.75. The van der Waals surface area contributed by atoms with Crippen molar-refractivity contribution < 1.29 is 13.2 Å². The summed E-state index contributed by atoms with van der Waals surface area (Å²) in [4.78, 5) is 12.7. The molecule has 0 aliphatic heterocycles. The van der Waals surface area contributed by atoms with E-state index in [9.17, 15) is 5.11 Å². The molecule has 2 aromatic carbocycles. The number of nitrogens with two attached hydrogens (primary N) is 1. The Morgan fingerprint density at radius 3 is 2.37 bits per heavy atom. The van der Waals surface area contributed by atoms with Crippen molar-refractivity contribution in [1.82, 2.24) is 15.0 Å². The van der Waals surface area contributed by atoms with Gasteiger partial charge in [-0.15, -0.1) is 0 Å². The second-order valence-corrected chi connectivity index (χ2v) is 6.68. The molecule has 2 aromatic heterocycles. The minimum atomic E-state index is 0. The van der Waals surface area contributed by atoms with E-state index < -0.39 is 0 Å². The highest BCUT2D eigenvalue weighted by atomic mass is 16.5. The maximum Gasteiger partial charge on any atom is 0.180 e. The second-order valence-electron chi connectivity index (χ2n) is 6.68. The van der Waals surface area contributed by atoms with E-state index in [4.69, 9.17) is 10.9 Å². The summed E-state index contributed by atoms with van der Waals surface area (Å²) < 4.78 is 0. The first kappa shape index (κ1) is 21.2. The Morgan fingerprint density at radius 2 is 1.67 bits per heavy atom. The molecule has 0 saturated carbocycles. The van der Waals surface area contributed by atoms with Gasteiger partial charge in [-0.1, -0.05) is 30.3 Å². The topological polar surface area (TPSA) is 117 Å². The Balaban J connectivity index is 0.000000342. The molecule has 30 heavy (non-hydrogen) atoms. The van der Waals surface area contributed by atoms with Gasteiger partial charge in [0.05, 0.1) is 11.9 Å². The van der Waals surface area contributed by atoms with Crippen LogP contribution in [-0.4, -0.2) is 31.8 Å². The van der Waals surface area contributed by atoms with E-state index in [2.05, 4.69) is 39.2 Å². The summed E-state index contributed by atoms with van der Waals surface area (Å²) in [6.07, 6.45) is 5.15. The molecule has 2 heterocycles. The molecular weight excluding hydrogens is 378 g/mol. The molecule has 0 radical (unpaired) electrons. The summed E-state index contributed by atoms with van der Waals surface area (Å²) in [5.41, 5.74) is 11.3. The number of hydrogen-bond acceptors (Lipinski definition) is 7. The number of pyridine rings is 1. The molecule has 7 heteroatoms. The van der Waals surface area contributed by atoms with E-state index in [1.807, 2.05) is 11.5 Å². The van der Waals surface area contributed by atoms with Crippen LogP contribution in [0.1, 0.15) is 21.3 Å². The van der Waals surface area contributed by atoms with Crippen molar-refractivity contribution in [2.75, 3.05) is 12.0 Å². The molecule has 0 spiro atoms. The SMILES string of the molecule is NCCCCc1ccccc1.ONc1ccc2ncc(-c3ccc(O)cc3)nc2n1.[HH].[HH]. The Labute approximate surface area is 178 Å². The molecule has 0 atom stereocenters. The van der Waals surface area contributed by atoms with E-state index in [-0.39, 0.29) is 8.60 Å². The summed E-state index contributed by atoms with van der Waals surface area (Å²) in [5.74, 6) is 0.507. The zero-order valence-corrected chi connectivity index (χ0v) is 16.6. The van der Waals surface area contributed by atoms with Crippen LogP contribution >= 0.6 is 0 Å². The van der Waals surface area contributed by atoms with E-state index >= 15 is 0 Å².